The molecule has 0 saturated carbocycles. The van der Waals surface area contributed by atoms with Crippen molar-refractivity contribution in [3.63, 3.8) is 0 Å². The van der Waals surface area contributed by atoms with Gasteiger partial charge in [-0.05, 0) is 65.7 Å². The Morgan fingerprint density at radius 2 is 1.73 bits per heavy atom. The van der Waals surface area contributed by atoms with E-state index in [9.17, 15) is 5.11 Å². The highest BCUT2D eigenvalue weighted by Gasteiger charge is 2.13. The molecule has 0 radical (unpaired) electrons. The average Bonchev–Trinajstić information content (AvgIpc) is 3.42. The molecule has 148 valence electrons. The number of para-hydroxylation sites is 1. The number of nitrogens with zero attached hydrogens (tertiary/aromatic N) is 3. The number of phenolic OH excluding ortho intramolecular Hbond substituents is 1. The van der Waals surface area contributed by atoms with Crippen molar-refractivity contribution in [2.45, 2.75) is 0 Å². The molecular weight excluding hydrogens is 398 g/mol. The smallest absolute Gasteiger partial charge is 0.231 e. The molecule has 0 amide bonds. The van der Waals surface area contributed by atoms with Crippen LogP contribution in [0.3, 0.4) is 0 Å². The third-order valence-electron chi connectivity index (χ3n) is 4.63. The first-order valence-electron chi connectivity index (χ1n) is 9.30. The third kappa shape index (κ3) is 3.58. The summed E-state index contributed by atoms with van der Waals surface area (Å²) in [4.78, 5) is 0.737. The van der Waals surface area contributed by atoms with Crippen molar-refractivity contribution in [1.82, 2.24) is 4.57 Å². The van der Waals surface area contributed by atoms with E-state index in [1.807, 2.05) is 70.6 Å². The number of benzene rings is 3. The van der Waals surface area contributed by atoms with E-state index in [0.717, 1.165) is 33.1 Å². The molecule has 30 heavy (non-hydrogen) atoms. The van der Waals surface area contributed by atoms with Gasteiger partial charge in [0.15, 0.2) is 11.5 Å². The van der Waals surface area contributed by atoms with Crippen LogP contribution in [0.1, 0.15) is 5.56 Å². The lowest BCUT2D eigenvalue weighted by molar-refractivity contribution is 0.174. The molecule has 0 bridgehead atoms. The predicted octanol–water partition coefficient (Wildman–Crippen LogP) is 4.57. The Labute approximate surface area is 176 Å². The van der Waals surface area contributed by atoms with Gasteiger partial charge in [-0.3, -0.25) is 4.57 Å². The quantitative estimate of drug-likeness (QED) is 0.392. The topological polar surface area (TPSA) is 68.3 Å². The molecular formula is C23H17N3O3S. The molecule has 1 aromatic heterocycles. The minimum Gasteiger partial charge on any atom is -0.508 e. The van der Waals surface area contributed by atoms with Crippen LogP contribution in [0.4, 0.5) is 0 Å². The number of aromatic hydroxyl groups is 1. The fraction of sp³-hybridized carbons (Fsp3) is 0.0435. The van der Waals surface area contributed by atoms with E-state index < -0.39 is 0 Å². The number of hydrogen-bond donors (Lipinski definition) is 1. The van der Waals surface area contributed by atoms with Gasteiger partial charge in [0, 0.05) is 11.1 Å². The zero-order valence-corrected chi connectivity index (χ0v) is 16.6. The summed E-state index contributed by atoms with van der Waals surface area (Å²) < 4.78 is 12.8. The molecule has 2 heterocycles. The Hall–Kier alpha value is -3.84. The molecule has 0 fully saturated rings. The van der Waals surface area contributed by atoms with E-state index in [1.165, 1.54) is 11.3 Å². The fourth-order valence-electron chi connectivity index (χ4n) is 3.18. The molecule has 0 atom stereocenters. The summed E-state index contributed by atoms with van der Waals surface area (Å²) in [6, 6.07) is 22.8. The summed E-state index contributed by atoms with van der Waals surface area (Å²) in [5, 5.41) is 20.4. The van der Waals surface area contributed by atoms with E-state index >= 15 is 0 Å². The summed E-state index contributed by atoms with van der Waals surface area (Å²) in [7, 11) is 0. The van der Waals surface area contributed by atoms with E-state index in [-0.39, 0.29) is 12.5 Å². The standard InChI is InChI=1S/C23H17N3O3S/c27-19-9-7-17(8-10-19)20-14-30-23(26(20)18-4-2-1-3-5-18)25-24-13-16-6-11-21-22(12-16)29-15-28-21/h1-14,27H,15H2/b24-13+,25-23+. The molecule has 5 rings (SSSR count). The SMILES string of the molecule is Oc1ccc(-c2cs/c(=N/N=C/c3ccc4c(c3)OCO4)n2-c2ccccc2)cc1. The molecule has 3 aromatic carbocycles. The minimum atomic E-state index is 0.235. The Bertz CT molecular complexity index is 1280. The first kappa shape index (κ1) is 18.2. The summed E-state index contributed by atoms with van der Waals surface area (Å²) in [5.41, 5.74) is 3.82. The molecule has 6 nitrogen and oxygen atoms in total. The highest BCUT2D eigenvalue weighted by molar-refractivity contribution is 7.07. The summed E-state index contributed by atoms with van der Waals surface area (Å²) in [5.74, 6) is 1.69. The maximum atomic E-state index is 9.62. The summed E-state index contributed by atoms with van der Waals surface area (Å²) in [6.07, 6.45) is 1.69. The first-order chi connectivity index (χ1) is 14.8. The van der Waals surface area contributed by atoms with Crippen molar-refractivity contribution in [2.75, 3.05) is 6.79 Å². The van der Waals surface area contributed by atoms with E-state index in [4.69, 9.17) is 9.47 Å². The molecule has 0 saturated heterocycles. The van der Waals surface area contributed by atoms with Gasteiger partial charge < -0.3 is 14.6 Å². The summed E-state index contributed by atoms with van der Waals surface area (Å²) in [6.45, 7) is 0.243. The first-order valence-corrected chi connectivity index (χ1v) is 10.2. The van der Waals surface area contributed by atoms with Crippen molar-refractivity contribution < 1.29 is 14.6 Å². The lowest BCUT2D eigenvalue weighted by atomic mass is 10.1. The zero-order valence-electron chi connectivity index (χ0n) is 15.8. The maximum Gasteiger partial charge on any atom is 0.231 e. The molecule has 1 aliphatic heterocycles. The molecule has 4 aromatic rings. The van der Waals surface area contributed by atoms with Crippen LogP contribution >= 0.6 is 11.3 Å². The third-order valence-corrected chi connectivity index (χ3v) is 5.45. The highest BCUT2D eigenvalue weighted by atomic mass is 32.1. The number of ether oxygens (including phenoxy) is 2. The van der Waals surface area contributed by atoms with Crippen molar-refractivity contribution in [2.24, 2.45) is 10.2 Å². The number of rotatable bonds is 4. The van der Waals surface area contributed by atoms with Gasteiger partial charge >= 0.3 is 0 Å². The van der Waals surface area contributed by atoms with Crippen molar-refractivity contribution in [3.8, 4) is 34.2 Å². The number of thiazole rings is 1. The van der Waals surface area contributed by atoms with Gasteiger partial charge in [0.2, 0.25) is 11.6 Å². The van der Waals surface area contributed by atoms with Crippen LogP contribution in [-0.2, 0) is 0 Å². The number of fused-ring (bicyclic) bond motifs is 1. The number of aromatic nitrogens is 1. The van der Waals surface area contributed by atoms with Gasteiger partial charge in [0.05, 0.1) is 11.9 Å². The van der Waals surface area contributed by atoms with Crippen LogP contribution in [-0.4, -0.2) is 22.7 Å². The fourth-order valence-corrected chi connectivity index (χ4v) is 4.04. The molecule has 0 aliphatic carbocycles. The zero-order chi connectivity index (χ0) is 20.3. The van der Waals surface area contributed by atoms with Crippen LogP contribution in [0.5, 0.6) is 17.2 Å². The van der Waals surface area contributed by atoms with Crippen LogP contribution < -0.4 is 14.3 Å². The second-order valence-electron chi connectivity index (χ2n) is 6.58. The molecule has 0 spiro atoms. The highest BCUT2D eigenvalue weighted by Crippen LogP contribution is 2.32. The minimum absolute atomic E-state index is 0.235. The lowest BCUT2D eigenvalue weighted by Gasteiger charge is -2.09. The predicted molar refractivity (Wildman–Crippen MR) is 116 cm³/mol. The van der Waals surface area contributed by atoms with Crippen LogP contribution in [0, 0.1) is 0 Å². The van der Waals surface area contributed by atoms with E-state index in [2.05, 4.69) is 10.2 Å². The average molecular weight is 415 g/mol. The monoisotopic (exact) mass is 415 g/mol. The van der Waals surface area contributed by atoms with Gasteiger partial charge in [-0.25, -0.2) is 0 Å². The van der Waals surface area contributed by atoms with Gasteiger partial charge in [-0.15, -0.1) is 16.4 Å². The van der Waals surface area contributed by atoms with Gasteiger partial charge in [-0.1, -0.05) is 18.2 Å². The molecule has 0 unspecified atom stereocenters. The number of hydrogen-bond acceptors (Lipinski definition) is 6. The summed E-state index contributed by atoms with van der Waals surface area (Å²) >= 11 is 1.50. The van der Waals surface area contributed by atoms with E-state index in [1.54, 1.807) is 18.3 Å². The van der Waals surface area contributed by atoms with Crippen molar-refractivity contribution >= 4 is 17.6 Å². The Kier molecular flexibility index (Phi) is 4.78. The Morgan fingerprint density at radius 3 is 2.57 bits per heavy atom. The largest absolute Gasteiger partial charge is 0.508 e. The van der Waals surface area contributed by atoms with E-state index in [0.29, 0.717) is 5.75 Å². The van der Waals surface area contributed by atoms with Crippen molar-refractivity contribution in [3.05, 3.63) is 88.5 Å². The van der Waals surface area contributed by atoms with Gasteiger partial charge in [0.1, 0.15) is 5.75 Å². The molecule has 1 aliphatic rings. The number of phenols is 1. The van der Waals surface area contributed by atoms with Gasteiger partial charge in [0.25, 0.3) is 0 Å². The normalized spacial score (nSPS) is 13.3. The molecule has 1 N–H and O–H groups in total. The van der Waals surface area contributed by atoms with Crippen LogP contribution in [0.25, 0.3) is 16.9 Å². The second-order valence-corrected chi connectivity index (χ2v) is 7.42. The Morgan fingerprint density at radius 1 is 0.933 bits per heavy atom. The maximum absolute atomic E-state index is 9.62. The van der Waals surface area contributed by atoms with Gasteiger partial charge in [-0.2, -0.15) is 5.10 Å². The van der Waals surface area contributed by atoms with Crippen LogP contribution in [0.15, 0.2) is 88.4 Å². The van der Waals surface area contributed by atoms with Crippen LogP contribution in [0.2, 0.25) is 0 Å². The Balaban J connectivity index is 1.55. The lowest BCUT2D eigenvalue weighted by Crippen LogP contribution is -2.13. The van der Waals surface area contributed by atoms with Crippen molar-refractivity contribution in [1.29, 1.82) is 0 Å². The molecule has 7 heteroatoms. The second kappa shape index (κ2) is 7.88.